The number of non-ortho nitro benzene ring substituents is 1. The molecule has 1 fully saturated rings. The third-order valence-electron chi connectivity index (χ3n) is 5.80. The summed E-state index contributed by atoms with van der Waals surface area (Å²) in [6.07, 6.45) is 0.606. The van der Waals surface area contributed by atoms with Gasteiger partial charge in [-0.05, 0) is 30.0 Å². The molecule has 1 N–H and O–H groups in total. The van der Waals surface area contributed by atoms with Crippen LogP contribution in [0.3, 0.4) is 0 Å². The van der Waals surface area contributed by atoms with Gasteiger partial charge in [0.15, 0.2) is 0 Å². The van der Waals surface area contributed by atoms with E-state index in [4.69, 9.17) is 0 Å². The lowest BCUT2D eigenvalue weighted by atomic mass is 9.95. The fourth-order valence-corrected chi connectivity index (χ4v) is 5.75. The van der Waals surface area contributed by atoms with Crippen molar-refractivity contribution in [3.05, 3.63) is 69.8 Å². The molecule has 2 aliphatic rings. The van der Waals surface area contributed by atoms with Gasteiger partial charge in [-0.3, -0.25) is 15.0 Å². The summed E-state index contributed by atoms with van der Waals surface area (Å²) in [4.78, 5) is 12.5. The van der Waals surface area contributed by atoms with Crippen LogP contribution in [-0.2, 0) is 23.0 Å². The first-order valence-corrected chi connectivity index (χ1v) is 11.0. The second kappa shape index (κ2) is 7.83. The van der Waals surface area contributed by atoms with E-state index in [1.807, 2.05) is 12.1 Å². The number of nitro groups is 1. The number of aliphatic hydroxyl groups excluding tert-OH is 1. The van der Waals surface area contributed by atoms with Crippen molar-refractivity contribution in [1.82, 2.24) is 9.21 Å². The van der Waals surface area contributed by atoms with Gasteiger partial charge < -0.3 is 5.11 Å². The van der Waals surface area contributed by atoms with Crippen molar-refractivity contribution >= 4 is 15.7 Å². The van der Waals surface area contributed by atoms with E-state index < -0.39 is 21.1 Å². The summed E-state index contributed by atoms with van der Waals surface area (Å²) in [5, 5.41) is 21.7. The molecule has 0 aliphatic carbocycles. The van der Waals surface area contributed by atoms with Crippen molar-refractivity contribution in [3.63, 3.8) is 0 Å². The van der Waals surface area contributed by atoms with E-state index in [1.165, 1.54) is 33.6 Å². The van der Waals surface area contributed by atoms with Crippen LogP contribution in [0.1, 0.15) is 17.5 Å². The Kier molecular flexibility index (Phi) is 5.39. The van der Waals surface area contributed by atoms with E-state index in [0.717, 1.165) is 25.6 Å². The Morgan fingerprint density at radius 1 is 1.07 bits per heavy atom. The highest BCUT2D eigenvalue weighted by Gasteiger charge is 2.38. The normalized spacial score (nSPS) is 23.5. The molecule has 2 heterocycles. The molecule has 9 heteroatoms. The van der Waals surface area contributed by atoms with Crippen LogP contribution in [-0.4, -0.2) is 59.4 Å². The quantitative estimate of drug-likeness (QED) is 0.601. The van der Waals surface area contributed by atoms with Crippen molar-refractivity contribution in [1.29, 1.82) is 0 Å². The van der Waals surface area contributed by atoms with Crippen molar-refractivity contribution < 1.29 is 18.4 Å². The van der Waals surface area contributed by atoms with Crippen LogP contribution in [0.2, 0.25) is 0 Å². The number of benzene rings is 2. The first-order chi connectivity index (χ1) is 13.9. The highest BCUT2D eigenvalue weighted by Crippen LogP contribution is 2.28. The minimum Gasteiger partial charge on any atom is -0.390 e. The van der Waals surface area contributed by atoms with Crippen LogP contribution in [0, 0.1) is 10.1 Å². The number of sulfonamides is 1. The Labute approximate surface area is 169 Å². The van der Waals surface area contributed by atoms with Crippen LogP contribution in [0.15, 0.2) is 53.4 Å². The Balaban J connectivity index is 1.48. The Hall–Kier alpha value is -2.33. The molecule has 2 aromatic carbocycles. The molecular weight excluding hydrogens is 394 g/mol. The summed E-state index contributed by atoms with van der Waals surface area (Å²) in [5.74, 6) is 0. The second-order valence-corrected chi connectivity index (χ2v) is 9.47. The molecule has 1 saturated heterocycles. The van der Waals surface area contributed by atoms with Gasteiger partial charge in [0, 0.05) is 44.4 Å². The highest BCUT2D eigenvalue weighted by molar-refractivity contribution is 7.89. The minimum absolute atomic E-state index is 0.0200. The molecule has 0 radical (unpaired) electrons. The monoisotopic (exact) mass is 417 g/mol. The molecule has 2 atom stereocenters. The fourth-order valence-electron chi connectivity index (χ4n) is 4.24. The molecule has 0 saturated carbocycles. The molecule has 8 nitrogen and oxygen atoms in total. The number of aliphatic hydroxyl groups is 1. The van der Waals surface area contributed by atoms with Crippen LogP contribution in [0.25, 0.3) is 0 Å². The maximum Gasteiger partial charge on any atom is 0.270 e. The van der Waals surface area contributed by atoms with E-state index in [0.29, 0.717) is 6.42 Å². The average Bonchev–Trinajstić information content (AvgIpc) is 2.73. The van der Waals surface area contributed by atoms with Crippen molar-refractivity contribution in [2.75, 3.05) is 19.6 Å². The lowest BCUT2D eigenvalue weighted by Crippen LogP contribution is -2.56. The largest absolute Gasteiger partial charge is 0.390 e. The topological polar surface area (TPSA) is 104 Å². The van der Waals surface area contributed by atoms with E-state index in [9.17, 15) is 23.6 Å². The zero-order chi connectivity index (χ0) is 20.6. The van der Waals surface area contributed by atoms with Crippen molar-refractivity contribution in [2.45, 2.75) is 36.4 Å². The van der Waals surface area contributed by atoms with Crippen LogP contribution in [0.4, 0.5) is 5.69 Å². The number of β-amino-alcohol motifs (C(OH)–C–C–N with tert-alkyl or cyclic N) is 1. The van der Waals surface area contributed by atoms with Gasteiger partial charge in [0.1, 0.15) is 0 Å². The summed E-state index contributed by atoms with van der Waals surface area (Å²) < 4.78 is 27.1. The van der Waals surface area contributed by atoms with Gasteiger partial charge in [-0.15, -0.1) is 0 Å². The van der Waals surface area contributed by atoms with E-state index in [-0.39, 0.29) is 29.7 Å². The predicted molar refractivity (Wildman–Crippen MR) is 107 cm³/mol. The molecule has 4 rings (SSSR count). The predicted octanol–water partition coefficient (Wildman–Crippen LogP) is 1.78. The fraction of sp³-hybridized carbons (Fsp3) is 0.400. The van der Waals surface area contributed by atoms with Crippen LogP contribution >= 0.6 is 0 Å². The molecular formula is C20H23N3O5S. The van der Waals surface area contributed by atoms with Crippen LogP contribution in [0.5, 0.6) is 0 Å². The third kappa shape index (κ3) is 3.91. The Bertz CT molecular complexity index is 1030. The summed E-state index contributed by atoms with van der Waals surface area (Å²) in [5.41, 5.74) is 2.30. The van der Waals surface area contributed by atoms with Gasteiger partial charge in [0.2, 0.25) is 10.0 Å². The minimum atomic E-state index is -3.90. The number of rotatable bonds is 4. The summed E-state index contributed by atoms with van der Waals surface area (Å²) in [6, 6.07) is 13.2. The van der Waals surface area contributed by atoms with Gasteiger partial charge in [-0.25, -0.2) is 8.42 Å². The summed E-state index contributed by atoms with van der Waals surface area (Å²) in [6.45, 7) is 1.82. The maximum absolute atomic E-state index is 12.9. The van der Waals surface area contributed by atoms with E-state index in [2.05, 4.69) is 17.0 Å². The third-order valence-corrected chi connectivity index (χ3v) is 7.67. The number of piperidine rings is 1. The maximum atomic E-state index is 12.9. The molecule has 0 spiro atoms. The zero-order valence-corrected chi connectivity index (χ0v) is 16.7. The van der Waals surface area contributed by atoms with Gasteiger partial charge in [-0.2, -0.15) is 4.31 Å². The van der Waals surface area contributed by atoms with Crippen LogP contribution < -0.4 is 0 Å². The smallest absolute Gasteiger partial charge is 0.270 e. The number of hydrogen-bond acceptors (Lipinski definition) is 6. The SMILES string of the molecule is O=[N+]([O-])c1cccc(S(=O)(=O)N2CC[C@H](N3CCc4ccccc4C3)[C@@H](O)C2)c1. The van der Waals surface area contributed by atoms with Crippen molar-refractivity contribution in [3.8, 4) is 0 Å². The lowest BCUT2D eigenvalue weighted by molar-refractivity contribution is -0.385. The molecule has 0 unspecified atom stereocenters. The number of fused-ring (bicyclic) bond motifs is 1. The molecule has 0 bridgehead atoms. The average molecular weight is 417 g/mol. The first kappa shape index (κ1) is 20.0. The summed E-state index contributed by atoms with van der Waals surface area (Å²) >= 11 is 0. The zero-order valence-electron chi connectivity index (χ0n) is 15.8. The molecule has 2 aromatic rings. The van der Waals surface area contributed by atoms with Gasteiger partial charge in [0.05, 0.1) is 15.9 Å². The molecule has 154 valence electrons. The van der Waals surface area contributed by atoms with Crippen molar-refractivity contribution in [2.24, 2.45) is 0 Å². The summed E-state index contributed by atoms with van der Waals surface area (Å²) in [7, 11) is -3.90. The molecule has 2 aliphatic heterocycles. The Morgan fingerprint density at radius 2 is 1.83 bits per heavy atom. The first-order valence-electron chi connectivity index (χ1n) is 9.60. The molecule has 0 amide bonds. The lowest BCUT2D eigenvalue weighted by Gasteiger charge is -2.43. The van der Waals surface area contributed by atoms with Gasteiger partial charge in [0.25, 0.3) is 5.69 Å². The Morgan fingerprint density at radius 3 is 2.55 bits per heavy atom. The number of nitro benzene ring substituents is 1. The standard InChI is InChI=1S/C20H23N3O5S/c24-20-14-22(29(27,28)18-7-3-6-17(12-18)23(25)26)11-9-19(20)21-10-8-15-4-1-2-5-16(15)13-21/h1-7,12,19-20,24H,8-11,13-14H2/t19-,20-/m0/s1. The van der Waals surface area contributed by atoms with E-state index in [1.54, 1.807) is 0 Å². The highest BCUT2D eigenvalue weighted by atomic mass is 32.2. The molecule has 29 heavy (non-hydrogen) atoms. The molecule has 0 aromatic heterocycles. The van der Waals surface area contributed by atoms with Gasteiger partial charge in [-0.1, -0.05) is 30.3 Å². The number of nitrogens with zero attached hydrogens (tertiary/aromatic N) is 3. The second-order valence-electron chi connectivity index (χ2n) is 7.53. The number of hydrogen-bond donors (Lipinski definition) is 1. The van der Waals surface area contributed by atoms with E-state index >= 15 is 0 Å². The van der Waals surface area contributed by atoms with Gasteiger partial charge >= 0.3 is 0 Å².